The molecule has 0 aliphatic heterocycles. The van der Waals surface area contributed by atoms with Gasteiger partial charge in [0.1, 0.15) is 6.33 Å². The summed E-state index contributed by atoms with van der Waals surface area (Å²) in [6.07, 6.45) is 4.14. The Bertz CT molecular complexity index is 1720. The lowest BCUT2D eigenvalue weighted by molar-refractivity contribution is 0.659. The number of aromatic amines is 1. The summed E-state index contributed by atoms with van der Waals surface area (Å²) in [7, 11) is 0. The monoisotopic (exact) mass is 455 g/mol. The van der Waals surface area contributed by atoms with Gasteiger partial charge in [0.05, 0.1) is 11.3 Å². The van der Waals surface area contributed by atoms with Crippen molar-refractivity contribution in [2.45, 2.75) is 19.9 Å². The number of benzene rings is 2. The quantitative estimate of drug-likeness (QED) is 0.430. The number of nitrogens with one attached hydrogen (secondary N) is 1. The van der Waals surface area contributed by atoms with Gasteiger partial charge in [-0.1, -0.05) is 41.9 Å². The van der Waals surface area contributed by atoms with Gasteiger partial charge in [-0.3, -0.25) is 9.36 Å². The molecule has 33 heavy (non-hydrogen) atoms. The number of rotatable bonds is 4. The molecule has 4 aromatic heterocycles. The van der Waals surface area contributed by atoms with Crippen LogP contribution in [-0.4, -0.2) is 34.3 Å². The molecule has 6 aromatic rings. The van der Waals surface area contributed by atoms with Crippen LogP contribution < -0.4 is 5.56 Å². The standard InChI is InChI=1S/C24H18ClN7O/c1-14-20(15-5-3-2-4-6-15)22-29-28-21-23(32(22)30-14)27-13-31(24(21)33)10-9-16-12-26-19-8-7-17(25)11-18(16)19/h2-8,11-13,26H,9-10H2,1H3. The minimum atomic E-state index is -0.248. The molecule has 0 radical (unpaired) electrons. The summed E-state index contributed by atoms with van der Waals surface area (Å²) in [5.41, 5.74) is 5.67. The van der Waals surface area contributed by atoms with Crippen molar-refractivity contribution >= 4 is 39.3 Å². The van der Waals surface area contributed by atoms with Crippen molar-refractivity contribution < 1.29 is 0 Å². The number of hydrogen-bond acceptors (Lipinski definition) is 5. The first kappa shape index (κ1) is 19.6. The second-order valence-electron chi connectivity index (χ2n) is 7.93. The topological polar surface area (TPSA) is 93.8 Å². The minimum Gasteiger partial charge on any atom is -0.361 e. The molecule has 162 valence electrons. The third-order valence-corrected chi connectivity index (χ3v) is 6.13. The Labute approximate surface area is 192 Å². The van der Waals surface area contributed by atoms with E-state index < -0.39 is 0 Å². The maximum atomic E-state index is 13.2. The fourth-order valence-corrected chi connectivity index (χ4v) is 4.44. The summed E-state index contributed by atoms with van der Waals surface area (Å²) >= 11 is 6.15. The highest BCUT2D eigenvalue weighted by molar-refractivity contribution is 6.31. The van der Waals surface area contributed by atoms with Crippen LogP contribution in [0, 0.1) is 6.92 Å². The molecule has 4 heterocycles. The Kier molecular flexibility index (Phi) is 4.48. The molecule has 0 atom stereocenters. The van der Waals surface area contributed by atoms with E-state index in [0.29, 0.717) is 29.3 Å². The summed E-state index contributed by atoms with van der Waals surface area (Å²) in [6.45, 7) is 2.37. The van der Waals surface area contributed by atoms with Crippen LogP contribution in [0.5, 0.6) is 0 Å². The molecule has 0 saturated carbocycles. The lowest BCUT2D eigenvalue weighted by atomic mass is 10.1. The Balaban J connectivity index is 1.40. The van der Waals surface area contributed by atoms with Gasteiger partial charge >= 0.3 is 0 Å². The average molecular weight is 456 g/mol. The van der Waals surface area contributed by atoms with E-state index in [9.17, 15) is 4.79 Å². The minimum absolute atomic E-state index is 0.189. The van der Waals surface area contributed by atoms with Crippen LogP contribution in [0.2, 0.25) is 5.02 Å². The van der Waals surface area contributed by atoms with Crippen LogP contribution in [-0.2, 0) is 13.0 Å². The van der Waals surface area contributed by atoms with Crippen molar-refractivity contribution in [2.75, 3.05) is 0 Å². The maximum Gasteiger partial charge on any atom is 0.283 e. The molecule has 0 unspecified atom stereocenters. The number of fused-ring (bicyclic) bond motifs is 4. The van der Waals surface area contributed by atoms with E-state index in [2.05, 4.69) is 25.3 Å². The van der Waals surface area contributed by atoms with Crippen LogP contribution in [0.4, 0.5) is 0 Å². The van der Waals surface area contributed by atoms with Crippen LogP contribution in [0.1, 0.15) is 11.3 Å². The van der Waals surface area contributed by atoms with E-state index in [-0.39, 0.29) is 11.1 Å². The molecule has 1 N–H and O–H groups in total. The fourth-order valence-electron chi connectivity index (χ4n) is 4.27. The number of H-pyrrole nitrogens is 1. The van der Waals surface area contributed by atoms with Gasteiger partial charge in [-0.2, -0.15) is 9.61 Å². The number of hydrogen-bond donors (Lipinski definition) is 1. The fraction of sp³-hybridized carbons (Fsp3) is 0.125. The molecule has 0 aliphatic rings. The van der Waals surface area contributed by atoms with Crippen LogP contribution in [0.25, 0.3) is 38.8 Å². The van der Waals surface area contributed by atoms with Gasteiger partial charge in [-0.25, -0.2) is 4.98 Å². The SMILES string of the molecule is Cc1nn2c(nnc3c(=O)n(CCc4c[nH]c5ccc(Cl)cc45)cnc32)c1-c1ccccc1. The zero-order chi connectivity index (χ0) is 22.5. The van der Waals surface area contributed by atoms with Crippen molar-refractivity contribution in [1.82, 2.24) is 34.3 Å². The summed E-state index contributed by atoms with van der Waals surface area (Å²) in [5, 5.41) is 14.9. The predicted octanol–water partition coefficient (Wildman–Crippen LogP) is 4.19. The molecule has 0 spiro atoms. The normalized spacial score (nSPS) is 11.7. The lowest BCUT2D eigenvalue weighted by Gasteiger charge is -2.06. The molecule has 0 saturated heterocycles. The largest absolute Gasteiger partial charge is 0.361 e. The first-order valence-electron chi connectivity index (χ1n) is 10.5. The number of halogens is 1. The molecule has 6 rings (SSSR count). The molecule has 9 heteroatoms. The summed E-state index contributed by atoms with van der Waals surface area (Å²) in [4.78, 5) is 20.9. The van der Waals surface area contributed by atoms with Gasteiger partial charge in [-0.05, 0) is 42.7 Å². The molecule has 0 aliphatic carbocycles. The second-order valence-corrected chi connectivity index (χ2v) is 8.37. The zero-order valence-electron chi connectivity index (χ0n) is 17.7. The van der Waals surface area contributed by atoms with Gasteiger partial charge in [0.2, 0.25) is 0 Å². The Morgan fingerprint density at radius 2 is 1.91 bits per heavy atom. The predicted molar refractivity (Wildman–Crippen MR) is 128 cm³/mol. The summed E-state index contributed by atoms with van der Waals surface area (Å²) in [5.74, 6) is 0. The summed E-state index contributed by atoms with van der Waals surface area (Å²) in [6, 6.07) is 15.6. The molecule has 2 aromatic carbocycles. The van der Waals surface area contributed by atoms with E-state index in [4.69, 9.17) is 11.6 Å². The number of aryl methyl sites for hydroxylation is 3. The van der Waals surface area contributed by atoms with E-state index in [0.717, 1.165) is 33.3 Å². The highest BCUT2D eigenvalue weighted by atomic mass is 35.5. The van der Waals surface area contributed by atoms with Crippen molar-refractivity contribution in [3.63, 3.8) is 0 Å². The maximum absolute atomic E-state index is 13.2. The number of nitrogens with zero attached hydrogens (tertiary/aromatic N) is 6. The van der Waals surface area contributed by atoms with Crippen LogP contribution in [0.15, 0.2) is 65.8 Å². The van der Waals surface area contributed by atoms with E-state index >= 15 is 0 Å². The molecule has 0 bridgehead atoms. The van der Waals surface area contributed by atoms with Crippen LogP contribution >= 0.6 is 11.6 Å². The summed E-state index contributed by atoms with van der Waals surface area (Å²) < 4.78 is 3.16. The first-order valence-corrected chi connectivity index (χ1v) is 10.9. The van der Waals surface area contributed by atoms with Gasteiger partial charge in [0.25, 0.3) is 5.56 Å². The zero-order valence-corrected chi connectivity index (χ0v) is 18.4. The number of aromatic nitrogens is 7. The van der Waals surface area contributed by atoms with Gasteiger partial charge in [0.15, 0.2) is 16.8 Å². The Hall–Kier alpha value is -4.04. The van der Waals surface area contributed by atoms with E-state index in [1.807, 2.05) is 61.7 Å². The lowest BCUT2D eigenvalue weighted by Crippen LogP contribution is -2.23. The van der Waals surface area contributed by atoms with E-state index in [1.165, 1.54) is 0 Å². The molecular weight excluding hydrogens is 438 g/mol. The molecular formula is C24H18ClN7O. The first-order chi connectivity index (χ1) is 16.1. The molecule has 0 fully saturated rings. The highest BCUT2D eigenvalue weighted by Crippen LogP contribution is 2.27. The van der Waals surface area contributed by atoms with Crippen molar-refractivity contribution in [3.8, 4) is 11.1 Å². The van der Waals surface area contributed by atoms with Gasteiger partial charge in [0, 0.05) is 28.7 Å². The van der Waals surface area contributed by atoms with Gasteiger partial charge < -0.3 is 4.98 Å². The average Bonchev–Trinajstić information content (AvgIpc) is 3.38. The Morgan fingerprint density at radius 1 is 1.06 bits per heavy atom. The molecule has 8 nitrogen and oxygen atoms in total. The van der Waals surface area contributed by atoms with Crippen molar-refractivity contribution in [3.05, 3.63) is 87.7 Å². The highest BCUT2D eigenvalue weighted by Gasteiger charge is 2.18. The van der Waals surface area contributed by atoms with Gasteiger partial charge in [-0.15, -0.1) is 10.2 Å². The van der Waals surface area contributed by atoms with Crippen molar-refractivity contribution in [1.29, 1.82) is 0 Å². The third-order valence-electron chi connectivity index (χ3n) is 5.89. The Morgan fingerprint density at radius 3 is 2.76 bits per heavy atom. The van der Waals surface area contributed by atoms with Crippen molar-refractivity contribution in [2.24, 2.45) is 0 Å². The van der Waals surface area contributed by atoms with Crippen LogP contribution in [0.3, 0.4) is 0 Å². The second kappa shape index (κ2) is 7.53. The van der Waals surface area contributed by atoms with E-state index in [1.54, 1.807) is 15.4 Å². The molecule has 0 amide bonds. The smallest absolute Gasteiger partial charge is 0.283 e. The third kappa shape index (κ3) is 3.18.